The Kier molecular flexibility index (Phi) is 3.49. The van der Waals surface area contributed by atoms with Gasteiger partial charge in [0.2, 0.25) is 0 Å². The molecule has 1 aromatic heterocycles. The Balaban J connectivity index is 1.65. The molecule has 1 spiro atoms. The molecule has 0 saturated carbocycles. The minimum absolute atomic E-state index is 0.0629. The highest BCUT2D eigenvalue weighted by Crippen LogP contribution is 2.42. The van der Waals surface area contributed by atoms with Gasteiger partial charge in [-0.25, -0.2) is 4.98 Å². The molecule has 0 bridgehead atoms. The number of hydrogen-bond acceptors (Lipinski definition) is 5. The predicted octanol–water partition coefficient (Wildman–Crippen LogP) is 2.98. The van der Waals surface area contributed by atoms with Crippen molar-refractivity contribution in [2.75, 3.05) is 24.6 Å². The summed E-state index contributed by atoms with van der Waals surface area (Å²) in [5.41, 5.74) is 3.04. The van der Waals surface area contributed by atoms with Crippen LogP contribution in [0.25, 0.3) is 0 Å². The van der Waals surface area contributed by atoms with Gasteiger partial charge in [0, 0.05) is 12.1 Å². The monoisotopic (exact) mass is 325 g/mol. The van der Waals surface area contributed by atoms with Gasteiger partial charge in [0.25, 0.3) is 5.69 Å². The molecule has 24 heavy (non-hydrogen) atoms. The first kappa shape index (κ1) is 15.1. The lowest BCUT2D eigenvalue weighted by Gasteiger charge is -2.41. The van der Waals surface area contributed by atoms with Crippen LogP contribution in [0.4, 0.5) is 11.5 Å². The molecule has 1 atom stereocenters. The van der Waals surface area contributed by atoms with Crippen molar-refractivity contribution in [3.8, 4) is 0 Å². The Hall–Kier alpha value is -2.47. The SMILES string of the molecule is Cc1cc(N2CCOC3(CCc4ccccc43)C2)ncc1[N+](=O)[O-]. The minimum atomic E-state index is -0.389. The molecule has 0 N–H and O–H groups in total. The van der Waals surface area contributed by atoms with Crippen molar-refractivity contribution in [1.29, 1.82) is 0 Å². The van der Waals surface area contributed by atoms with Gasteiger partial charge >= 0.3 is 0 Å². The van der Waals surface area contributed by atoms with Gasteiger partial charge in [-0.15, -0.1) is 0 Å². The Morgan fingerprint density at radius 3 is 3.00 bits per heavy atom. The average molecular weight is 325 g/mol. The molecule has 1 aromatic carbocycles. The molecule has 1 saturated heterocycles. The number of aromatic nitrogens is 1. The summed E-state index contributed by atoms with van der Waals surface area (Å²) >= 11 is 0. The second-order valence-electron chi connectivity index (χ2n) is 6.51. The molecule has 124 valence electrons. The molecule has 2 heterocycles. The van der Waals surface area contributed by atoms with Crippen LogP contribution in [0.1, 0.15) is 23.1 Å². The molecular formula is C18H19N3O3. The van der Waals surface area contributed by atoms with E-state index in [2.05, 4.69) is 34.1 Å². The van der Waals surface area contributed by atoms with Crippen molar-refractivity contribution in [2.45, 2.75) is 25.4 Å². The van der Waals surface area contributed by atoms with E-state index in [4.69, 9.17) is 4.74 Å². The number of fused-ring (bicyclic) bond motifs is 2. The number of nitro groups is 1. The lowest BCUT2D eigenvalue weighted by molar-refractivity contribution is -0.385. The van der Waals surface area contributed by atoms with Crippen LogP contribution in [0.5, 0.6) is 0 Å². The Bertz CT molecular complexity index is 804. The van der Waals surface area contributed by atoms with E-state index in [1.54, 1.807) is 13.0 Å². The summed E-state index contributed by atoms with van der Waals surface area (Å²) in [6.45, 7) is 3.86. The van der Waals surface area contributed by atoms with Crippen LogP contribution < -0.4 is 4.90 Å². The molecule has 0 radical (unpaired) electrons. The summed E-state index contributed by atoms with van der Waals surface area (Å²) in [6, 6.07) is 10.3. The first-order valence-corrected chi connectivity index (χ1v) is 8.17. The van der Waals surface area contributed by atoms with Crippen LogP contribution in [0, 0.1) is 17.0 Å². The van der Waals surface area contributed by atoms with E-state index >= 15 is 0 Å². The molecule has 6 heteroatoms. The molecule has 6 nitrogen and oxygen atoms in total. The van der Waals surface area contributed by atoms with Gasteiger partial charge in [-0.2, -0.15) is 0 Å². The van der Waals surface area contributed by atoms with Crippen LogP contribution in [0.3, 0.4) is 0 Å². The molecule has 2 aliphatic rings. The Morgan fingerprint density at radius 1 is 1.38 bits per heavy atom. The van der Waals surface area contributed by atoms with Crippen molar-refractivity contribution in [1.82, 2.24) is 4.98 Å². The average Bonchev–Trinajstić information content (AvgIpc) is 2.93. The topological polar surface area (TPSA) is 68.5 Å². The van der Waals surface area contributed by atoms with E-state index in [9.17, 15) is 10.1 Å². The lowest BCUT2D eigenvalue weighted by Crippen LogP contribution is -2.49. The standard InChI is InChI=1S/C18H19N3O3/c1-13-10-17(19-11-16(13)21(22)23)20-8-9-24-18(12-20)7-6-14-4-2-3-5-15(14)18/h2-5,10-11H,6-9,12H2,1H3. The van der Waals surface area contributed by atoms with Crippen LogP contribution in [-0.4, -0.2) is 29.6 Å². The first-order chi connectivity index (χ1) is 11.6. The van der Waals surface area contributed by atoms with Crippen molar-refractivity contribution < 1.29 is 9.66 Å². The van der Waals surface area contributed by atoms with Gasteiger partial charge in [0.15, 0.2) is 0 Å². The summed E-state index contributed by atoms with van der Waals surface area (Å²) in [7, 11) is 0. The second-order valence-corrected chi connectivity index (χ2v) is 6.51. The molecule has 1 aliphatic heterocycles. The first-order valence-electron chi connectivity index (χ1n) is 8.17. The van der Waals surface area contributed by atoms with Gasteiger partial charge in [-0.1, -0.05) is 24.3 Å². The van der Waals surface area contributed by atoms with Crippen molar-refractivity contribution in [3.63, 3.8) is 0 Å². The third-order valence-corrected chi connectivity index (χ3v) is 5.08. The highest BCUT2D eigenvalue weighted by molar-refractivity contribution is 5.50. The zero-order chi connectivity index (χ0) is 16.7. The maximum absolute atomic E-state index is 11.0. The van der Waals surface area contributed by atoms with Crippen LogP contribution in [0.2, 0.25) is 0 Å². The third kappa shape index (κ3) is 2.34. The maximum atomic E-state index is 11.0. The number of pyridine rings is 1. The van der Waals surface area contributed by atoms with E-state index < -0.39 is 0 Å². The van der Waals surface area contributed by atoms with Gasteiger partial charge in [0.1, 0.15) is 17.6 Å². The fourth-order valence-electron chi connectivity index (χ4n) is 3.85. The lowest BCUT2D eigenvalue weighted by atomic mass is 9.93. The van der Waals surface area contributed by atoms with Crippen molar-refractivity contribution in [3.05, 3.63) is 63.3 Å². The minimum Gasteiger partial charge on any atom is -0.367 e. The van der Waals surface area contributed by atoms with E-state index in [-0.39, 0.29) is 16.2 Å². The van der Waals surface area contributed by atoms with Gasteiger partial charge in [-0.3, -0.25) is 10.1 Å². The van der Waals surface area contributed by atoms with E-state index in [1.807, 2.05) is 0 Å². The predicted molar refractivity (Wildman–Crippen MR) is 90.2 cm³/mol. The van der Waals surface area contributed by atoms with E-state index in [0.29, 0.717) is 12.2 Å². The number of benzene rings is 1. The third-order valence-electron chi connectivity index (χ3n) is 5.08. The second kappa shape index (κ2) is 5.56. The fraction of sp³-hybridized carbons (Fsp3) is 0.389. The zero-order valence-electron chi connectivity index (χ0n) is 13.6. The maximum Gasteiger partial charge on any atom is 0.290 e. The summed E-state index contributed by atoms with van der Waals surface area (Å²) in [6.07, 6.45) is 3.35. The summed E-state index contributed by atoms with van der Waals surface area (Å²) in [5.74, 6) is 0.783. The number of anilines is 1. The molecule has 2 aromatic rings. The number of aryl methyl sites for hydroxylation is 2. The number of morpholine rings is 1. The van der Waals surface area contributed by atoms with Gasteiger partial charge < -0.3 is 9.64 Å². The van der Waals surface area contributed by atoms with Gasteiger partial charge in [0.05, 0.1) is 18.1 Å². The highest BCUT2D eigenvalue weighted by atomic mass is 16.6. The molecule has 0 amide bonds. The van der Waals surface area contributed by atoms with Crippen LogP contribution >= 0.6 is 0 Å². The Morgan fingerprint density at radius 2 is 2.21 bits per heavy atom. The smallest absolute Gasteiger partial charge is 0.290 e. The summed E-state index contributed by atoms with van der Waals surface area (Å²) in [4.78, 5) is 17.1. The van der Waals surface area contributed by atoms with Crippen molar-refractivity contribution in [2.24, 2.45) is 0 Å². The Labute approximate surface area is 140 Å². The fourth-order valence-corrected chi connectivity index (χ4v) is 3.85. The van der Waals surface area contributed by atoms with Crippen LogP contribution in [-0.2, 0) is 16.8 Å². The molecule has 1 fully saturated rings. The number of rotatable bonds is 2. The molecule has 1 aliphatic carbocycles. The normalized spacial score (nSPS) is 22.6. The van der Waals surface area contributed by atoms with Crippen LogP contribution in [0.15, 0.2) is 36.5 Å². The van der Waals surface area contributed by atoms with Crippen molar-refractivity contribution >= 4 is 11.5 Å². The summed E-state index contributed by atoms with van der Waals surface area (Å²) in [5, 5.41) is 11.0. The number of ether oxygens (including phenoxy) is 1. The van der Waals surface area contributed by atoms with Gasteiger partial charge in [-0.05, 0) is 37.0 Å². The quantitative estimate of drug-likeness (QED) is 0.627. The molecule has 4 rings (SSSR count). The molecular weight excluding hydrogens is 306 g/mol. The number of nitrogens with zero attached hydrogens (tertiary/aromatic N) is 3. The summed E-state index contributed by atoms with van der Waals surface area (Å²) < 4.78 is 6.22. The largest absolute Gasteiger partial charge is 0.367 e. The zero-order valence-corrected chi connectivity index (χ0v) is 13.6. The van der Waals surface area contributed by atoms with E-state index in [0.717, 1.165) is 31.7 Å². The number of hydrogen-bond donors (Lipinski definition) is 0. The molecule has 1 unspecified atom stereocenters. The van der Waals surface area contributed by atoms with E-state index in [1.165, 1.54) is 17.3 Å². The highest BCUT2D eigenvalue weighted by Gasteiger charge is 2.43.